The van der Waals surface area contributed by atoms with E-state index in [1.165, 1.54) is 11.3 Å². The third-order valence-corrected chi connectivity index (χ3v) is 8.48. The fourth-order valence-corrected chi connectivity index (χ4v) is 6.36. The Hall–Kier alpha value is -4.15. The molecule has 0 saturated carbocycles. The molecular weight excluding hydrogens is 656 g/mol. The van der Waals surface area contributed by atoms with Gasteiger partial charge in [-0.05, 0) is 82.2 Å². The summed E-state index contributed by atoms with van der Waals surface area (Å²) in [5, 5.41) is 0. The number of nitrogens with zero attached hydrogens (tertiary/aromatic N) is 2. The van der Waals surface area contributed by atoms with Crippen LogP contribution in [0.2, 0.25) is 0 Å². The molecule has 0 saturated heterocycles. The first-order valence-corrected chi connectivity index (χ1v) is 16.4. The van der Waals surface area contributed by atoms with Crippen LogP contribution in [0.5, 0.6) is 17.2 Å². The number of fused-ring (bicyclic) bond motifs is 1. The van der Waals surface area contributed by atoms with E-state index in [0.29, 0.717) is 56.6 Å². The van der Waals surface area contributed by atoms with Gasteiger partial charge in [0.05, 0.1) is 35.1 Å². The first-order valence-electron chi connectivity index (χ1n) is 14.8. The SMILES string of the molecule is CCOC(=O)C1=C(C)N=c2s/c(=C/c3ccc(OCc4ccc(Br)cc4)c(OCC)c3)c(=O)n2[C@@H]1c1ccccc1OC(C)C. The Balaban J connectivity index is 1.58. The lowest BCUT2D eigenvalue weighted by molar-refractivity contribution is -0.139. The lowest BCUT2D eigenvalue weighted by Crippen LogP contribution is -2.40. The number of allylic oxidation sites excluding steroid dienone is 1. The molecule has 0 radical (unpaired) electrons. The van der Waals surface area contributed by atoms with E-state index in [4.69, 9.17) is 23.9 Å². The van der Waals surface area contributed by atoms with Gasteiger partial charge in [0, 0.05) is 10.0 Å². The summed E-state index contributed by atoms with van der Waals surface area (Å²) < 4.78 is 26.6. The number of carbonyl (C=O) groups excluding carboxylic acids is 1. The van der Waals surface area contributed by atoms with Crippen molar-refractivity contribution in [3.05, 3.63) is 119 Å². The molecule has 4 aromatic rings. The van der Waals surface area contributed by atoms with Crippen molar-refractivity contribution >= 4 is 39.3 Å². The molecule has 45 heavy (non-hydrogen) atoms. The number of hydrogen-bond acceptors (Lipinski definition) is 8. The molecule has 1 aliphatic rings. The minimum Gasteiger partial charge on any atom is -0.491 e. The summed E-state index contributed by atoms with van der Waals surface area (Å²) in [5.74, 6) is 1.25. The van der Waals surface area contributed by atoms with Crippen molar-refractivity contribution < 1.29 is 23.7 Å². The second-order valence-corrected chi connectivity index (χ2v) is 12.5. The zero-order valence-electron chi connectivity index (χ0n) is 25.8. The molecule has 0 amide bonds. The average Bonchev–Trinajstić information content (AvgIpc) is 3.31. The molecule has 234 valence electrons. The lowest BCUT2D eigenvalue weighted by Gasteiger charge is -2.26. The van der Waals surface area contributed by atoms with Crippen molar-refractivity contribution in [1.82, 2.24) is 4.57 Å². The van der Waals surface area contributed by atoms with Gasteiger partial charge in [0.1, 0.15) is 18.4 Å². The molecule has 10 heteroatoms. The van der Waals surface area contributed by atoms with Crippen LogP contribution >= 0.6 is 27.3 Å². The molecule has 0 bridgehead atoms. The summed E-state index contributed by atoms with van der Waals surface area (Å²) >= 11 is 4.72. The van der Waals surface area contributed by atoms with E-state index in [1.54, 1.807) is 18.4 Å². The van der Waals surface area contributed by atoms with Crippen molar-refractivity contribution in [2.75, 3.05) is 13.2 Å². The highest BCUT2D eigenvalue weighted by Gasteiger charge is 2.35. The van der Waals surface area contributed by atoms with Gasteiger partial charge in [0.25, 0.3) is 5.56 Å². The van der Waals surface area contributed by atoms with Crippen molar-refractivity contribution in [3.63, 3.8) is 0 Å². The van der Waals surface area contributed by atoms with Gasteiger partial charge in [0.2, 0.25) is 0 Å². The van der Waals surface area contributed by atoms with Crippen LogP contribution in [0, 0.1) is 0 Å². The van der Waals surface area contributed by atoms with Crippen LogP contribution in [-0.2, 0) is 16.1 Å². The molecule has 1 aromatic heterocycles. The number of para-hydroxylation sites is 1. The van der Waals surface area contributed by atoms with Crippen molar-refractivity contribution in [1.29, 1.82) is 0 Å². The minimum absolute atomic E-state index is 0.112. The van der Waals surface area contributed by atoms with Crippen LogP contribution in [-0.4, -0.2) is 29.9 Å². The van der Waals surface area contributed by atoms with Gasteiger partial charge in [-0.25, -0.2) is 9.79 Å². The Kier molecular flexibility index (Phi) is 10.2. The maximum absolute atomic E-state index is 14.1. The van der Waals surface area contributed by atoms with Crippen molar-refractivity contribution in [3.8, 4) is 17.2 Å². The summed E-state index contributed by atoms with van der Waals surface area (Å²) in [6, 6.07) is 20.2. The molecule has 0 unspecified atom stereocenters. The molecule has 2 heterocycles. The predicted molar refractivity (Wildman–Crippen MR) is 179 cm³/mol. The highest BCUT2D eigenvalue weighted by molar-refractivity contribution is 9.10. The number of ether oxygens (including phenoxy) is 4. The van der Waals surface area contributed by atoms with Crippen molar-refractivity contribution in [2.24, 2.45) is 4.99 Å². The third kappa shape index (κ3) is 7.23. The molecule has 0 N–H and O–H groups in total. The van der Waals surface area contributed by atoms with E-state index in [-0.39, 0.29) is 18.3 Å². The van der Waals surface area contributed by atoms with Crippen molar-refractivity contribution in [2.45, 2.75) is 53.4 Å². The van der Waals surface area contributed by atoms with Crippen LogP contribution in [0.15, 0.2) is 92.3 Å². The van der Waals surface area contributed by atoms with E-state index in [0.717, 1.165) is 15.6 Å². The van der Waals surface area contributed by atoms with Gasteiger partial charge >= 0.3 is 5.97 Å². The smallest absolute Gasteiger partial charge is 0.338 e. The quantitative estimate of drug-likeness (QED) is 0.171. The molecule has 5 rings (SSSR count). The Morgan fingerprint density at radius 2 is 1.76 bits per heavy atom. The zero-order chi connectivity index (χ0) is 32.1. The summed E-state index contributed by atoms with van der Waals surface area (Å²) in [6.07, 6.45) is 1.70. The van der Waals surface area contributed by atoms with Crippen LogP contribution in [0.1, 0.15) is 57.4 Å². The second-order valence-electron chi connectivity index (χ2n) is 10.6. The van der Waals surface area contributed by atoms with Gasteiger partial charge in [-0.1, -0.05) is 63.7 Å². The number of hydrogen-bond donors (Lipinski definition) is 0. The van der Waals surface area contributed by atoms with E-state index >= 15 is 0 Å². The number of carbonyl (C=O) groups is 1. The van der Waals surface area contributed by atoms with E-state index in [2.05, 4.69) is 15.9 Å². The molecule has 0 fully saturated rings. The van der Waals surface area contributed by atoms with Crippen LogP contribution in [0.3, 0.4) is 0 Å². The van der Waals surface area contributed by atoms with Gasteiger partial charge < -0.3 is 18.9 Å². The number of benzene rings is 3. The molecule has 3 aromatic carbocycles. The average molecular weight is 692 g/mol. The fourth-order valence-electron chi connectivity index (χ4n) is 5.05. The Labute approximate surface area is 274 Å². The first kappa shape index (κ1) is 32.2. The Bertz CT molecular complexity index is 1910. The van der Waals surface area contributed by atoms with E-state index < -0.39 is 12.0 Å². The zero-order valence-corrected chi connectivity index (χ0v) is 28.2. The maximum atomic E-state index is 14.1. The lowest BCUT2D eigenvalue weighted by atomic mass is 9.95. The fraction of sp³-hybridized carbons (Fsp3) is 0.286. The summed E-state index contributed by atoms with van der Waals surface area (Å²) in [7, 11) is 0. The Morgan fingerprint density at radius 3 is 2.47 bits per heavy atom. The molecule has 1 atom stereocenters. The molecule has 8 nitrogen and oxygen atoms in total. The third-order valence-electron chi connectivity index (χ3n) is 6.97. The highest BCUT2D eigenvalue weighted by atomic mass is 79.9. The monoisotopic (exact) mass is 690 g/mol. The first-order chi connectivity index (χ1) is 21.7. The molecule has 1 aliphatic heterocycles. The summed E-state index contributed by atoms with van der Waals surface area (Å²) in [6.45, 7) is 10.3. The van der Waals surface area contributed by atoms with Gasteiger partial charge in [-0.3, -0.25) is 9.36 Å². The summed E-state index contributed by atoms with van der Waals surface area (Å²) in [4.78, 5) is 32.6. The van der Waals surface area contributed by atoms with Gasteiger partial charge in [-0.15, -0.1) is 0 Å². The van der Waals surface area contributed by atoms with Crippen LogP contribution < -0.4 is 29.1 Å². The summed E-state index contributed by atoms with van der Waals surface area (Å²) in [5.41, 5.74) is 3.01. The van der Waals surface area contributed by atoms with Crippen LogP contribution in [0.25, 0.3) is 6.08 Å². The van der Waals surface area contributed by atoms with E-state index in [1.807, 2.05) is 93.6 Å². The molecule has 0 spiro atoms. The largest absolute Gasteiger partial charge is 0.491 e. The highest BCUT2D eigenvalue weighted by Crippen LogP contribution is 2.36. The van der Waals surface area contributed by atoms with E-state index in [9.17, 15) is 9.59 Å². The number of aromatic nitrogens is 1. The maximum Gasteiger partial charge on any atom is 0.338 e. The van der Waals surface area contributed by atoms with Gasteiger partial charge in [-0.2, -0.15) is 0 Å². The Morgan fingerprint density at radius 1 is 1.00 bits per heavy atom. The minimum atomic E-state index is -0.772. The number of rotatable bonds is 11. The normalized spacial score (nSPS) is 14.6. The number of esters is 1. The molecule has 0 aliphatic carbocycles. The second kappa shape index (κ2) is 14.3. The predicted octanol–water partition coefficient (Wildman–Crippen LogP) is 6.33. The topological polar surface area (TPSA) is 88.4 Å². The van der Waals surface area contributed by atoms with Crippen LogP contribution in [0.4, 0.5) is 0 Å². The van der Waals surface area contributed by atoms with Gasteiger partial charge in [0.15, 0.2) is 16.3 Å². The standard InChI is InChI=1S/C35H35BrN2O6S/c1-6-41-29-18-24(14-17-28(29)43-20-23-12-15-25(36)16-13-23)19-30-33(39)38-32(26-10-8-9-11-27(26)44-21(3)4)31(34(40)42-7-2)22(5)37-35(38)45-30/h8-19,21,32H,6-7,20H2,1-5H3/b30-19+/t32-/m1/s1. The number of halogens is 1. The number of thiazole rings is 1. The molecular formula is C35H35BrN2O6S.